The van der Waals surface area contributed by atoms with Gasteiger partial charge in [0.15, 0.2) is 5.76 Å². The number of aliphatic hydroxyl groups excluding tert-OH is 1. The van der Waals surface area contributed by atoms with Crippen LogP contribution in [0, 0.1) is 0 Å². The number of aliphatic hydroxyl groups is 1. The standard InChI is InChI=1S/C34H31N3O6/c1-20-29(38)28-26(31(40)32(20)42-2)24(19-43-33(35)41)27-30(39)25(18-37(27)28)36-34(21-12-6-3-7-13-21,22-14-8-4-9-15-22)23-16-10-5-11-17-23/h3-17,25,30,36,39H,18-19H2,1-2H3,(H2,35,41)/t25-,30?/m0/s1. The number of nitrogens with two attached hydrogens (primary N) is 1. The van der Waals surface area contributed by atoms with Gasteiger partial charge in [0.25, 0.3) is 0 Å². The van der Waals surface area contributed by atoms with Crippen molar-refractivity contribution in [1.29, 1.82) is 0 Å². The fourth-order valence-corrected chi connectivity index (χ4v) is 6.50. The number of carbonyl (C=O) groups is 3. The number of Topliss-reactive ketones (excluding diaryl/α,β-unsaturated/α-hetero) is 2. The van der Waals surface area contributed by atoms with E-state index in [4.69, 9.17) is 15.2 Å². The maximum Gasteiger partial charge on any atom is 0.404 e. The van der Waals surface area contributed by atoms with Crippen molar-refractivity contribution in [1.82, 2.24) is 9.88 Å². The number of ether oxygens (including phenoxy) is 2. The molecule has 0 bridgehead atoms. The van der Waals surface area contributed by atoms with Crippen molar-refractivity contribution in [3.63, 3.8) is 0 Å². The molecule has 0 fully saturated rings. The summed E-state index contributed by atoms with van der Waals surface area (Å²) in [5, 5.41) is 15.8. The highest BCUT2D eigenvalue weighted by Crippen LogP contribution is 2.44. The fraction of sp³-hybridized carbons (Fsp3) is 0.206. The molecule has 218 valence electrons. The van der Waals surface area contributed by atoms with Crippen LogP contribution in [0.25, 0.3) is 0 Å². The van der Waals surface area contributed by atoms with E-state index in [1.165, 1.54) is 14.0 Å². The van der Waals surface area contributed by atoms with Crippen molar-refractivity contribution < 1.29 is 29.0 Å². The molecule has 4 aromatic rings. The lowest BCUT2D eigenvalue weighted by molar-refractivity contribution is 0.0896. The van der Waals surface area contributed by atoms with Crippen molar-refractivity contribution in [2.24, 2.45) is 5.73 Å². The third kappa shape index (κ3) is 4.45. The van der Waals surface area contributed by atoms with Crippen LogP contribution in [0.15, 0.2) is 102 Å². The van der Waals surface area contributed by atoms with Crippen molar-refractivity contribution in [2.45, 2.75) is 37.8 Å². The van der Waals surface area contributed by atoms with Crippen LogP contribution in [0.5, 0.6) is 0 Å². The number of benzene rings is 3. The first-order chi connectivity index (χ1) is 20.8. The zero-order chi connectivity index (χ0) is 30.3. The second-order valence-electron chi connectivity index (χ2n) is 10.7. The van der Waals surface area contributed by atoms with Gasteiger partial charge in [0, 0.05) is 17.7 Å². The molecule has 9 heteroatoms. The van der Waals surface area contributed by atoms with Gasteiger partial charge in [0.2, 0.25) is 11.6 Å². The predicted molar refractivity (Wildman–Crippen MR) is 158 cm³/mol. The van der Waals surface area contributed by atoms with Crippen molar-refractivity contribution in [3.05, 3.63) is 142 Å². The minimum atomic E-state index is -1.18. The third-order valence-corrected chi connectivity index (χ3v) is 8.36. The summed E-state index contributed by atoms with van der Waals surface area (Å²) < 4.78 is 12.1. The van der Waals surface area contributed by atoms with Crippen LogP contribution in [0.1, 0.15) is 61.8 Å². The Balaban J connectivity index is 1.52. The molecule has 9 nitrogen and oxygen atoms in total. The summed E-state index contributed by atoms with van der Waals surface area (Å²) in [7, 11) is 1.32. The van der Waals surface area contributed by atoms with E-state index in [9.17, 15) is 19.5 Å². The van der Waals surface area contributed by atoms with E-state index in [1.807, 2.05) is 91.0 Å². The molecule has 1 amide bonds. The summed E-state index contributed by atoms with van der Waals surface area (Å²) in [5.41, 5.74) is 8.13. The highest BCUT2D eigenvalue weighted by molar-refractivity contribution is 6.26. The highest BCUT2D eigenvalue weighted by Gasteiger charge is 2.48. The number of ketones is 2. The Hall–Kier alpha value is -4.99. The Labute approximate surface area is 248 Å². The van der Waals surface area contributed by atoms with E-state index in [0.29, 0.717) is 5.69 Å². The first kappa shape index (κ1) is 28.1. The number of carbonyl (C=O) groups excluding carboxylic acids is 3. The van der Waals surface area contributed by atoms with Crippen LogP contribution in [0.2, 0.25) is 0 Å². The van der Waals surface area contributed by atoms with E-state index in [0.717, 1.165) is 16.7 Å². The van der Waals surface area contributed by atoms with Crippen molar-refractivity contribution in [2.75, 3.05) is 7.11 Å². The van der Waals surface area contributed by atoms with E-state index >= 15 is 0 Å². The summed E-state index contributed by atoms with van der Waals surface area (Å²) in [6, 6.07) is 29.2. The summed E-state index contributed by atoms with van der Waals surface area (Å²) in [5.74, 6) is -0.989. The number of hydrogen-bond donors (Lipinski definition) is 3. The molecule has 1 unspecified atom stereocenters. The molecule has 4 N–H and O–H groups in total. The minimum Gasteiger partial charge on any atom is -0.492 e. The number of fused-ring (bicyclic) bond motifs is 3. The summed E-state index contributed by atoms with van der Waals surface area (Å²) in [6.45, 7) is 1.31. The molecule has 43 heavy (non-hydrogen) atoms. The number of nitrogens with zero attached hydrogens (tertiary/aromatic N) is 1. The average molecular weight is 578 g/mol. The topological polar surface area (TPSA) is 133 Å². The van der Waals surface area contributed by atoms with E-state index in [-0.39, 0.29) is 41.3 Å². The molecular weight excluding hydrogens is 546 g/mol. The van der Waals surface area contributed by atoms with Gasteiger partial charge in [-0.3, -0.25) is 14.9 Å². The van der Waals surface area contributed by atoms with Gasteiger partial charge >= 0.3 is 6.09 Å². The summed E-state index contributed by atoms with van der Waals surface area (Å²) >= 11 is 0. The lowest BCUT2D eigenvalue weighted by Crippen LogP contribution is -2.51. The molecule has 2 aliphatic rings. The lowest BCUT2D eigenvalue weighted by Gasteiger charge is -2.40. The Kier molecular flexibility index (Phi) is 7.21. The van der Waals surface area contributed by atoms with Gasteiger partial charge < -0.3 is 24.9 Å². The number of hydrogen-bond acceptors (Lipinski definition) is 7. The molecule has 1 aliphatic heterocycles. The van der Waals surface area contributed by atoms with Crippen molar-refractivity contribution >= 4 is 17.7 Å². The first-order valence-electron chi connectivity index (χ1n) is 13.9. The van der Waals surface area contributed by atoms with E-state index in [1.54, 1.807) is 4.57 Å². The zero-order valence-corrected chi connectivity index (χ0v) is 23.7. The molecule has 3 aromatic carbocycles. The van der Waals surface area contributed by atoms with Crippen LogP contribution >= 0.6 is 0 Å². The number of allylic oxidation sites excluding steroid dienone is 2. The molecule has 2 heterocycles. The van der Waals surface area contributed by atoms with Gasteiger partial charge in [-0.1, -0.05) is 91.0 Å². The quantitative estimate of drug-likeness (QED) is 0.265. The number of rotatable bonds is 8. The number of aromatic nitrogens is 1. The summed E-state index contributed by atoms with van der Waals surface area (Å²) in [4.78, 5) is 38.8. The lowest BCUT2D eigenvalue weighted by atomic mass is 9.76. The van der Waals surface area contributed by atoms with Gasteiger partial charge in [-0.15, -0.1) is 0 Å². The van der Waals surface area contributed by atoms with E-state index in [2.05, 4.69) is 5.32 Å². The van der Waals surface area contributed by atoms with Crippen LogP contribution in [0.4, 0.5) is 4.79 Å². The third-order valence-electron chi connectivity index (χ3n) is 8.36. The number of amides is 1. The smallest absolute Gasteiger partial charge is 0.404 e. The second kappa shape index (κ2) is 11.0. The largest absolute Gasteiger partial charge is 0.492 e. The summed E-state index contributed by atoms with van der Waals surface area (Å²) in [6.07, 6.45) is -2.22. The van der Waals surface area contributed by atoms with Gasteiger partial charge in [-0.05, 0) is 23.6 Å². The molecule has 0 spiro atoms. The average Bonchev–Trinajstić information content (AvgIpc) is 3.52. The fourth-order valence-electron chi connectivity index (χ4n) is 6.50. The van der Waals surface area contributed by atoms with Crippen LogP contribution in [-0.2, 0) is 28.2 Å². The van der Waals surface area contributed by atoms with Crippen LogP contribution in [-0.4, -0.2) is 40.5 Å². The molecule has 2 atom stereocenters. The molecule has 1 aliphatic carbocycles. The van der Waals surface area contributed by atoms with Gasteiger partial charge in [-0.2, -0.15) is 0 Å². The highest BCUT2D eigenvalue weighted by atomic mass is 16.5. The zero-order valence-electron chi connectivity index (χ0n) is 23.7. The first-order valence-corrected chi connectivity index (χ1v) is 13.9. The maximum absolute atomic E-state index is 13.7. The van der Waals surface area contributed by atoms with E-state index < -0.39 is 35.3 Å². The SMILES string of the molecule is COC1=C(C)C(=O)c2c(c(COC(N)=O)c3n2C[C@H](NC(c2ccccc2)(c2ccccc2)c2ccccc2)C3O)C1=O. The monoisotopic (exact) mass is 577 g/mol. The van der Waals surface area contributed by atoms with Gasteiger partial charge in [0.05, 0.1) is 29.9 Å². The number of nitrogens with one attached hydrogen (secondary N) is 1. The molecule has 0 saturated carbocycles. The van der Waals surface area contributed by atoms with Crippen LogP contribution in [0.3, 0.4) is 0 Å². The number of primary amides is 1. The molecular formula is C34H31N3O6. The Morgan fingerprint density at radius 2 is 1.44 bits per heavy atom. The second-order valence-corrected chi connectivity index (χ2v) is 10.7. The minimum absolute atomic E-state index is 0.0571. The van der Waals surface area contributed by atoms with Crippen LogP contribution < -0.4 is 11.1 Å². The Morgan fingerprint density at radius 3 is 1.91 bits per heavy atom. The predicted octanol–water partition coefficient (Wildman–Crippen LogP) is 4.38. The number of methoxy groups -OCH3 is 1. The maximum atomic E-state index is 13.7. The van der Waals surface area contributed by atoms with Gasteiger partial charge in [0.1, 0.15) is 18.4 Å². The van der Waals surface area contributed by atoms with Gasteiger partial charge in [-0.25, -0.2) is 4.79 Å². The Bertz CT molecular complexity index is 1650. The molecule has 6 rings (SSSR count). The molecule has 0 saturated heterocycles. The molecule has 1 aromatic heterocycles. The molecule has 0 radical (unpaired) electrons. The Morgan fingerprint density at radius 1 is 0.930 bits per heavy atom. The van der Waals surface area contributed by atoms with Crippen molar-refractivity contribution in [3.8, 4) is 0 Å². The normalized spacial score (nSPS) is 17.9.